The molecular formula is C75H124N6O57S. The van der Waals surface area contributed by atoms with Crippen molar-refractivity contribution >= 4 is 51.8 Å². The Bertz CT molecular complexity index is 4100. The summed E-state index contributed by atoms with van der Waals surface area (Å²) in [6.07, 6.45) is -99.6. The highest BCUT2D eigenvalue weighted by molar-refractivity contribution is 7.80. The largest absolute Gasteiger partial charge is 0.477 e. The summed E-state index contributed by atoms with van der Waals surface area (Å²) in [5, 5.41) is 319. The summed E-state index contributed by atoms with van der Waals surface area (Å²) in [5.41, 5.74) is 0. The Labute approximate surface area is 786 Å². The molecule has 10 saturated heterocycles. The topological polar surface area (TPSA) is 977 Å². The van der Waals surface area contributed by atoms with E-state index in [1.807, 2.05) is 0 Å². The molecule has 51 atom stereocenters. The quantitative estimate of drug-likeness (QED) is 0.0254. The zero-order chi connectivity index (χ0) is 103. The molecule has 139 heavy (non-hydrogen) atoms. The maximum atomic E-state index is 13.2. The number of aliphatic hydroxyl groups is 26. The number of ether oxygens (including phenoxy) is 19. The van der Waals surface area contributed by atoms with E-state index in [0.29, 0.717) is 0 Å². The molecule has 10 rings (SSSR count). The highest BCUT2D eigenvalue weighted by Crippen LogP contribution is 2.42. The number of nitrogens with one attached hydrogen (secondary N) is 6. The van der Waals surface area contributed by atoms with Gasteiger partial charge in [0.15, 0.2) is 56.6 Å². The summed E-state index contributed by atoms with van der Waals surface area (Å²) in [5.74, 6) is -11.0. The summed E-state index contributed by atoms with van der Waals surface area (Å²) in [6, 6.07) is -11.6. The van der Waals surface area contributed by atoms with Gasteiger partial charge in [0, 0.05) is 48.0 Å². The Kier molecular flexibility index (Phi) is 41.2. The van der Waals surface area contributed by atoms with Gasteiger partial charge in [-0.1, -0.05) is 0 Å². The van der Waals surface area contributed by atoms with E-state index >= 15 is 0 Å². The van der Waals surface area contributed by atoms with Crippen LogP contribution in [0.2, 0.25) is 0 Å². The normalized spacial score (nSPS) is 45.5. The minimum absolute atomic E-state index is 0.828. The second kappa shape index (κ2) is 49.7. The number of amides is 6. The van der Waals surface area contributed by atoms with Crippen LogP contribution in [0.4, 0.5) is 0 Å². The second-order valence-electron chi connectivity index (χ2n) is 34.4. The van der Waals surface area contributed by atoms with Gasteiger partial charge in [-0.05, 0) is 0 Å². The van der Waals surface area contributed by atoms with Crippen LogP contribution in [0.15, 0.2) is 0 Å². The molecule has 0 bridgehead atoms. The summed E-state index contributed by atoms with van der Waals surface area (Å²) in [6.45, 7) is -6.87. The molecule has 6 amide bonds. The molecule has 10 aliphatic rings. The molecule has 10 heterocycles. The predicted molar refractivity (Wildman–Crippen MR) is 427 cm³/mol. The van der Waals surface area contributed by atoms with Crippen molar-refractivity contribution in [1.82, 2.24) is 31.9 Å². The molecule has 0 aromatic rings. The molecule has 1 unspecified atom stereocenters. The minimum Gasteiger partial charge on any atom is -0.477 e. The van der Waals surface area contributed by atoms with Crippen molar-refractivity contribution in [3.8, 4) is 0 Å². The van der Waals surface area contributed by atoms with Crippen LogP contribution in [-0.4, -0.2) is 571 Å². The summed E-state index contributed by atoms with van der Waals surface area (Å²) >= 11 is 0. The predicted octanol–water partition coefficient (Wildman–Crippen LogP) is -22.9. The third-order valence-corrected chi connectivity index (χ3v) is 24.9. The first-order valence-corrected chi connectivity index (χ1v) is 44.8. The number of rotatable bonds is 39. The fourth-order valence-electron chi connectivity index (χ4n) is 17.6. The van der Waals surface area contributed by atoms with Gasteiger partial charge < -0.3 is 260 Å². The van der Waals surface area contributed by atoms with Gasteiger partial charge in [-0.3, -0.25) is 33.3 Å². The second-order valence-corrected chi connectivity index (χ2v) is 35.5. The molecule has 10 aliphatic heterocycles. The van der Waals surface area contributed by atoms with Gasteiger partial charge in [0.25, 0.3) is 5.79 Å². The summed E-state index contributed by atoms with van der Waals surface area (Å²) in [7, 11) is -5.47. The van der Waals surface area contributed by atoms with Gasteiger partial charge >= 0.3 is 16.4 Å². The summed E-state index contributed by atoms with van der Waals surface area (Å²) < 4.78 is 151. The van der Waals surface area contributed by atoms with Crippen LogP contribution in [0.3, 0.4) is 0 Å². The zero-order valence-corrected chi connectivity index (χ0v) is 75.2. The van der Waals surface area contributed by atoms with Gasteiger partial charge in [0.2, 0.25) is 35.4 Å². The Morgan fingerprint density at radius 2 is 0.640 bits per heavy atom. The molecule has 10 fully saturated rings. The van der Waals surface area contributed by atoms with Crippen molar-refractivity contribution in [2.45, 2.75) is 360 Å². The number of carboxylic acids is 1. The molecule has 64 heteroatoms. The fourth-order valence-corrected chi connectivity index (χ4v) is 18.1. The van der Waals surface area contributed by atoms with Crippen LogP contribution < -0.4 is 31.9 Å². The van der Waals surface area contributed by atoms with E-state index in [9.17, 15) is 184 Å². The van der Waals surface area contributed by atoms with Crippen LogP contribution in [0, 0.1) is 0 Å². The van der Waals surface area contributed by atoms with E-state index in [2.05, 4.69) is 36.1 Å². The molecule has 0 saturated carbocycles. The monoisotopic (exact) mass is 2050 g/mol. The van der Waals surface area contributed by atoms with Gasteiger partial charge in [-0.15, -0.1) is 0 Å². The molecule has 0 aromatic carbocycles. The Morgan fingerprint density at radius 3 is 1.03 bits per heavy atom. The first kappa shape index (κ1) is 115. The lowest BCUT2D eigenvalue weighted by molar-refractivity contribution is -0.398. The molecule has 0 aliphatic carbocycles. The van der Waals surface area contributed by atoms with E-state index in [4.69, 9.17) is 90.0 Å². The molecule has 0 spiro atoms. The molecule has 63 nitrogen and oxygen atoms in total. The van der Waals surface area contributed by atoms with E-state index in [1.165, 1.54) is 0 Å². The fraction of sp³-hybridized carbons (Fsp3) is 0.907. The van der Waals surface area contributed by atoms with Gasteiger partial charge in [0.05, 0.1) is 78.2 Å². The van der Waals surface area contributed by atoms with E-state index in [1.54, 1.807) is 0 Å². The van der Waals surface area contributed by atoms with Crippen molar-refractivity contribution in [3.05, 3.63) is 0 Å². The van der Waals surface area contributed by atoms with E-state index in [-0.39, 0.29) is 0 Å². The number of aliphatic hydroxyl groups excluding tert-OH is 26. The van der Waals surface area contributed by atoms with Crippen molar-refractivity contribution in [2.24, 2.45) is 0 Å². The van der Waals surface area contributed by atoms with E-state index < -0.39 is 437 Å². The third kappa shape index (κ3) is 26.7. The first-order chi connectivity index (χ1) is 65.3. The van der Waals surface area contributed by atoms with Crippen LogP contribution in [0.1, 0.15) is 48.0 Å². The highest BCUT2D eigenvalue weighted by atomic mass is 32.3. The number of carbonyl (C=O) groups is 7. The lowest BCUT2D eigenvalue weighted by Gasteiger charge is -2.51. The highest BCUT2D eigenvalue weighted by Gasteiger charge is 2.64. The van der Waals surface area contributed by atoms with Crippen LogP contribution in [0.25, 0.3) is 0 Å². The van der Waals surface area contributed by atoms with Crippen molar-refractivity contribution in [1.29, 1.82) is 0 Å². The maximum absolute atomic E-state index is 13.2. The smallest absolute Gasteiger partial charge is 0.397 e. The third-order valence-electron chi connectivity index (χ3n) is 24.5. The average molecular weight is 2050 g/mol. The first-order valence-electron chi connectivity index (χ1n) is 43.4. The zero-order valence-electron chi connectivity index (χ0n) is 74.4. The minimum atomic E-state index is -5.47. The molecule has 0 aromatic heterocycles. The Hall–Kier alpha value is -5.64. The lowest BCUT2D eigenvalue weighted by atomic mass is 9.88. The maximum Gasteiger partial charge on any atom is 0.397 e. The number of carbonyl (C=O) groups excluding carboxylic acids is 6. The standard InChI is InChI=1S/C75H124N6O57S/c1-18(90)76-35-24(96)7-75(74(114)115,137-61(35)41(98)25(97)8-82)120-17-34-44(101)51(108)54(111)70(129-34)132-58-30(13-87)126-68(39(49(58)106)80-22(5)94)135-63-52(109)42(99)26(9-83)122-72(63)119-16-33-45(102)62(55(112)71(128-33)133-59-31(14-88)124-66(37(48(59)105)78-20(3)92)130-56-28(11-85)121-65(113)36(46(56)103)77-19(2)91)134-73-64(53(110)43(100)27(10-84)123-73)136-69-38(79-21(4)93)47(104)57(29(12-86)125-69)131-67-40(81-23(6)95)50(107)60(32(15-89)127-67)138-139(116,117)118/h24-73,82-89,96-113H,7-17H2,1-6H3,(H,76,90)(H,77,91)(H,78,92)(H,79,93)(H,80,94)(H,81,95)(H,114,115)(H,116,117,118)/t24-,25+,26+,27+,28+,29+,30+,31+,32+,33+,34+,35+,36+,37+,38+,39+,40+,41+,42+,43+,44-,45+,46+,47+,48+,49+,50+,51-,52-,53-,54+,55-,56+,57+,58+,59+,60-,61+,62-,63-,64-,65?,66-,67-,68-,69-,70-,71-,72-,73+,75+/m0/s1. The molecular weight excluding hydrogens is 1930 g/mol. The van der Waals surface area contributed by atoms with Crippen LogP contribution >= 0.6 is 0 Å². The van der Waals surface area contributed by atoms with Crippen molar-refractivity contribution in [3.63, 3.8) is 0 Å². The van der Waals surface area contributed by atoms with Gasteiger partial charge in [-0.25, -0.2) is 8.98 Å². The number of hydrogen-bond donors (Lipinski definition) is 34. The molecule has 802 valence electrons. The van der Waals surface area contributed by atoms with Crippen molar-refractivity contribution in [2.75, 3.05) is 66.1 Å². The lowest BCUT2D eigenvalue weighted by Crippen LogP contribution is -2.71. The molecule has 34 N–H and O–H groups in total. The molecule has 0 radical (unpaired) electrons. The number of aliphatic carboxylic acids is 1. The average Bonchev–Trinajstić information content (AvgIpc) is 0.789. The Balaban J connectivity index is 0.964. The van der Waals surface area contributed by atoms with Gasteiger partial charge in [-0.2, -0.15) is 8.42 Å². The summed E-state index contributed by atoms with van der Waals surface area (Å²) in [4.78, 5) is 89.5. The van der Waals surface area contributed by atoms with Crippen molar-refractivity contribution < 1.29 is 279 Å². The SMILES string of the molecule is CC(=O)N[C@H]1[C@H](O[C@H]2[C@H](O)[C@@H](NC(C)=O)[C@H](O[C@@H]3[C@@H](O[C@@H]4[C@H](O)[C@H](O[C@H]5[C@H](O)[C@@H](NC(C)=O)[C@H](O[C@H]6[C@H](O)[C@@H](NC(C)=O)C(O)O[C@@H]6CO)O[C@@H]5CO)O[C@H](CO[C@H]5O[C@H](CO)[C@@H](O)[C@H](O)[C@@H]5O[C@@H]5O[C@H](CO)[C@@H](O[C@@H]6O[C@H](CO[C@]7(C(=O)O)C[C@H](O)[C@@H](NC(C)=O)[C@H]([C@H](O)[C@H](O)CO)O7)[C@H](O)[C@H](O)[C@H]6O)[C@H](O)[C@H]5NC(C)=O)[C@H]4O)O[C@H](CO)[C@@H](O)[C@@H]3O)O[C@@H]2CO)O[C@H](CO)[C@H](OS(=O)(=O)O)[C@@H]1O. The number of carboxylic acid groups (broad SMARTS) is 1. The Morgan fingerprint density at radius 1 is 0.331 bits per heavy atom. The van der Waals surface area contributed by atoms with Crippen LogP contribution in [0.5, 0.6) is 0 Å². The van der Waals surface area contributed by atoms with Crippen LogP contribution in [-0.2, 0) is 138 Å². The number of hydrogen-bond acceptors (Lipinski definition) is 55. The van der Waals surface area contributed by atoms with Gasteiger partial charge in [0.1, 0.15) is 238 Å². The van der Waals surface area contributed by atoms with E-state index in [0.717, 1.165) is 41.5 Å².